The van der Waals surface area contributed by atoms with E-state index in [1.165, 1.54) is 6.92 Å². The Bertz CT molecular complexity index is 258. The second-order valence-electron chi connectivity index (χ2n) is 4.43. The van der Waals surface area contributed by atoms with Gasteiger partial charge in [0.2, 0.25) is 5.91 Å². The van der Waals surface area contributed by atoms with Crippen molar-refractivity contribution in [2.75, 3.05) is 33.7 Å². The fourth-order valence-electron chi connectivity index (χ4n) is 1.83. The Labute approximate surface area is 96.3 Å². The van der Waals surface area contributed by atoms with E-state index >= 15 is 0 Å². The number of amides is 1. The third-order valence-electron chi connectivity index (χ3n) is 2.58. The number of ether oxygens (including phenoxy) is 1. The van der Waals surface area contributed by atoms with Crippen molar-refractivity contribution in [2.24, 2.45) is 0 Å². The van der Waals surface area contributed by atoms with Gasteiger partial charge < -0.3 is 14.5 Å². The minimum atomic E-state index is -0.238. The van der Waals surface area contributed by atoms with Crippen molar-refractivity contribution < 1.29 is 14.3 Å². The van der Waals surface area contributed by atoms with Crippen LogP contribution in [0, 0.1) is 0 Å². The molecule has 0 aromatic heterocycles. The Kier molecular flexibility index (Phi) is 4.73. The molecule has 0 aromatic carbocycles. The molecule has 0 spiro atoms. The largest absolute Gasteiger partial charge is 0.462 e. The molecule has 0 atom stereocenters. The van der Waals surface area contributed by atoms with Gasteiger partial charge in [0.05, 0.1) is 6.54 Å². The molecule has 0 saturated carbocycles. The van der Waals surface area contributed by atoms with E-state index < -0.39 is 0 Å². The Morgan fingerprint density at radius 1 is 1.31 bits per heavy atom. The quantitative estimate of drug-likeness (QED) is 0.643. The van der Waals surface area contributed by atoms with E-state index in [4.69, 9.17) is 4.74 Å². The lowest BCUT2D eigenvalue weighted by molar-refractivity contribution is -0.149. The van der Waals surface area contributed by atoms with Gasteiger partial charge in [-0.3, -0.25) is 9.59 Å². The lowest BCUT2D eigenvalue weighted by atomic mass is 10.1. The van der Waals surface area contributed by atoms with Crippen LogP contribution in [0.3, 0.4) is 0 Å². The van der Waals surface area contributed by atoms with E-state index in [2.05, 4.69) is 0 Å². The van der Waals surface area contributed by atoms with Crippen molar-refractivity contribution in [1.29, 1.82) is 0 Å². The van der Waals surface area contributed by atoms with Crippen LogP contribution in [0.5, 0.6) is 0 Å². The summed E-state index contributed by atoms with van der Waals surface area (Å²) in [5, 5.41) is 0. The molecule has 0 bridgehead atoms. The molecule has 92 valence electrons. The molecular weight excluding hydrogens is 208 g/mol. The van der Waals surface area contributed by atoms with Crippen molar-refractivity contribution in [3.63, 3.8) is 0 Å². The van der Waals surface area contributed by atoms with Crippen LogP contribution < -0.4 is 0 Å². The normalized spacial score (nSPS) is 17.6. The first kappa shape index (κ1) is 13.0. The van der Waals surface area contributed by atoms with Gasteiger partial charge >= 0.3 is 5.97 Å². The summed E-state index contributed by atoms with van der Waals surface area (Å²) in [5.41, 5.74) is 0. The highest BCUT2D eigenvalue weighted by atomic mass is 16.5. The molecule has 1 amide bonds. The predicted molar refractivity (Wildman–Crippen MR) is 59.9 cm³/mol. The zero-order chi connectivity index (χ0) is 12.1. The van der Waals surface area contributed by atoms with Gasteiger partial charge in [0.25, 0.3) is 0 Å². The number of nitrogens with zero attached hydrogens (tertiary/aromatic N) is 2. The minimum Gasteiger partial charge on any atom is -0.462 e. The van der Waals surface area contributed by atoms with Crippen molar-refractivity contribution in [3.05, 3.63) is 0 Å². The zero-order valence-electron chi connectivity index (χ0n) is 10.2. The molecule has 1 aliphatic heterocycles. The standard InChI is InChI=1S/C11H20N2O3/c1-9(14)16-10-4-6-13(7-5-10)11(15)8-12(2)3/h10H,4-8H2,1-3H3. The van der Waals surface area contributed by atoms with Crippen LogP contribution in [0.15, 0.2) is 0 Å². The van der Waals surface area contributed by atoms with Crippen LogP contribution in [-0.4, -0.2) is 61.5 Å². The fourth-order valence-corrected chi connectivity index (χ4v) is 1.83. The first-order chi connectivity index (χ1) is 7.49. The highest BCUT2D eigenvalue weighted by molar-refractivity contribution is 5.78. The molecule has 0 N–H and O–H groups in total. The molecule has 1 fully saturated rings. The Balaban J connectivity index is 2.31. The number of esters is 1. The summed E-state index contributed by atoms with van der Waals surface area (Å²) < 4.78 is 5.11. The van der Waals surface area contributed by atoms with Gasteiger partial charge in [0, 0.05) is 32.9 Å². The van der Waals surface area contributed by atoms with E-state index in [0.717, 1.165) is 12.8 Å². The third-order valence-corrected chi connectivity index (χ3v) is 2.58. The molecular formula is C11H20N2O3. The van der Waals surface area contributed by atoms with Gasteiger partial charge in [-0.15, -0.1) is 0 Å². The van der Waals surface area contributed by atoms with Crippen LogP contribution >= 0.6 is 0 Å². The lowest BCUT2D eigenvalue weighted by Gasteiger charge is -2.32. The second-order valence-corrected chi connectivity index (χ2v) is 4.43. The Morgan fingerprint density at radius 3 is 2.31 bits per heavy atom. The number of likely N-dealkylation sites (N-methyl/N-ethyl adjacent to an activating group) is 1. The number of piperidine rings is 1. The van der Waals surface area contributed by atoms with Gasteiger partial charge in [-0.25, -0.2) is 0 Å². The number of rotatable bonds is 3. The van der Waals surface area contributed by atoms with Gasteiger partial charge in [-0.2, -0.15) is 0 Å². The van der Waals surface area contributed by atoms with Gasteiger partial charge in [-0.05, 0) is 14.1 Å². The average Bonchev–Trinajstić information content (AvgIpc) is 2.16. The minimum absolute atomic E-state index is 0.0130. The molecule has 5 heteroatoms. The average molecular weight is 228 g/mol. The van der Waals surface area contributed by atoms with Crippen molar-refractivity contribution >= 4 is 11.9 Å². The molecule has 1 rings (SSSR count). The summed E-state index contributed by atoms with van der Waals surface area (Å²) in [6.07, 6.45) is 1.48. The van der Waals surface area contributed by atoms with Crippen molar-refractivity contribution in [2.45, 2.75) is 25.9 Å². The third kappa shape index (κ3) is 4.18. The second kappa shape index (κ2) is 5.84. The number of hydrogen-bond acceptors (Lipinski definition) is 4. The first-order valence-electron chi connectivity index (χ1n) is 5.58. The highest BCUT2D eigenvalue weighted by Crippen LogP contribution is 2.13. The molecule has 1 heterocycles. The SMILES string of the molecule is CC(=O)OC1CCN(C(=O)CN(C)C)CC1. The lowest BCUT2D eigenvalue weighted by Crippen LogP contribution is -2.44. The van der Waals surface area contributed by atoms with E-state index in [-0.39, 0.29) is 18.0 Å². The highest BCUT2D eigenvalue weighted by Gasteiger charge is 2.24. The molecule has 0 aromatic rings. The van der Waals surface area contributed by atoms with Crippen LogP contribution in [0.25, 0.3) is 0 Å². The first-order valence-corrected chi connectivity index (χ1v) is 5.58. The fraction of sp³-hybridized carbons (Fsp3) is 0.818. The molecule has 5 nitrogen and oxygen atoms in total. The van der Waals surface area contributed by atoms with Crippen LogP contribution in [0.2, 0.25) is 0 Å². The van der Waals surface area contributed by atoms with Crippen LogP contribution in [0.1, 0.15) is 19.8 Å². The maximum Gasteiger partial charge on any atom is 0.302 e. The molecule has 1 aliphatic rings. The molecule has 0 aliphatic carbocycles. The van der Waals surface area contributed by atoms with Gasteiger partial charge in [0.1, 0.15) is 6.10 Å². The monoisotopic (exact) mass is 228 g/mol. The number of carbonyl (C=O) groups excluding carboxylic acids is 2. The summed E-state index contributed by atoms with van der Waals surface area (Å²) in [5.74, 6) is -0.0932. The van der Waals surface area contributed by atoms with E-state index in [1.807, 2.05) is 23.9 Å². The zero-order valence-corrected chi connectivity index (χ0v) is 10.2. The van der Waals surface area contributed by atoms with Crippen molar-refractivity contribution in [3.8, 4) is 0 Å². The topological polar surface area (TPSA) is 49.9 Å². The Hall–Kier alpha value is -1.10. The maximum absolute atomic E-state index is 11.7. The molecule has 0 unspecified atom stereocenters. The predicted octanol–water partition coefficient (Wildman–Crippen LogP) is 0.102. The summed E-state index contributed by atoms with van der Waals surface area (Å²) in [6.45, 7) is 3.23. The molecule has 16 heavy (non-hydrogen) atoms. The van der Waals surface area contributed by atoms with E-state index in [1.54, 1.807) is 0 Å². The number of hydrogen-bond donors (Lipinski definition) is 0. The maximum atomic E-state index is 11.7. The Morgan fingerprint density at radius 2 is 1.88 bits per heavy atom. The summed E-state index contributed by atoms with van der Waals surface area (Å²) in [7, 11) is 3.76. The number of likely N-dealkylation sites (tertiary alicyclic amines) is 1. The smallest absolute Gasteiger partial charge is 0.302 e. The van der Waals surface area contributed by atoms with Crippen molar-refractivity contribution in [1.82, 2.24) is 9.80 Å². The molecule has 1 saturated heterocycles. The molecule has 0 radical (unpaired) electrons. The summed E-state index contributed by atoms with van der Waals surface area (Å²) in [6, 6.07) is 0. The van der Waals surface area contributed by atoms with E-state index in [9.17, 15) is 9.59 Å². The summed E-state index contributed by atoms with van der Waals surface area (Å²) >= 11 is 0. The summed E-state index contributed by atoms with van der Waals surface area (Å²) in [4.78, 5) is 26.2. The van der Waals surface area contributed by atoms with E-state index in [0.29, 0.717) is 19.6 Å². The van der Waals surface area contributed by atoms with Gasteiger partial charge in [0.15, 0.2) is 0 Å². The van der Waals surface area contributed by atoms with Crippen LogP contribution in [0.4, 0.5) is 0 Å². The van der Waals surface area contributed by atoms with Crippen LogP contribution in [-0.2, 0) is 14.3 Å². The number of carbonyl (C=O) groups is 2. The van der Waals surface area contributed by atoms with Gasteiger partial charge in [-0.1, -0.05) is 0 Å².